The molecule has 0 radical (unpaired) electrons. The average molecular weight is 304 g/mol. The molecule has 1 amide bonds. The van der Waals surface area contributed by atoms with Gasteiger partial charge < -0.3 is 10.1 Å². The van der Waals surface area contributed by atoms with Crippen LogP contribution in [-0.4, -0.2) is 12.0 Å². The fraction of sp³-hybridized carbons (Fsp3) is 0.235. The van der Waals surface area contributed by atoms with Crippen LogP contribution in [0.25, 0.3) is 0 Å². The fourth-order valence-corrected chi connectivity index (χ4v) is 2.27. The molecule has 0 bridgehead atoms. The largest absolute Gasteiger partial charge is 0.481 e. The van der Waals surface area contributed by atoms with Gasteiger partial charge in [-0.2, -0.15) is 0 Å². The first-order chi connectivity index (χ1) is 9.94. The highest BCUT2D eigenvalue weighted by Crippen LogP contribution is 2.19. The monoisotopic (exact) mass is 303 g/mol. The molecular formula is C17H18ClNO2. The summed E-state index contributed by atoms with van der Waals surface area (Å²) < 4.78 is 5.59. The Hall–Kier alpha value is -2.00. The van der Waals surface area contributed by atoms with Gasteiger partial charge >= 0.3 is 0 Å². The third kappa shape index (κ3) is 4.50. The van der Waals surface area contributed by atoms with E-state index in [1.54, 1.807) is 31.2 Å². The lowest BCUT2D eigenvalue weighted by Gasteiger charge is -2.15. The molecule has 0 aliphatic rings. The van der Waals surface area contributed by atoms with Crippen molar-refractivity contribution in [1.82, 2.24) is 0 Å². The fourth-order valence-electron chi connectivity index (χ4n) is 2.09. The highest BCUT2D eigenvalue weighted by Gasteiger charge is 2.15. The Labute approximate surface area is 129 Å². The van der Waals surface area contributed by atoms with Crippen molar-refractivity contribution in [3.8, 4) is 5.75 Å². The van der Waals surface area contributed by atoms with Gasteiger partial charge in [-0.3, -0.25) is 4.79 Å². The molecular weight excluding hydrogens is 286 g/mol. The molecule has 0 aliphatic carbocycles. The number of benzene rings is 2. The molecule has 110 valence electrons. The molecule has 3 nitrogen and oxygen atoms in total. The zero-order valence-electron chi connectivity index (χ0n) is 12.3. The number of nitrogens with one attached hydrogen (secondary N) is 1. The van der Waals surface area contributed by atoms with Crippen LogP contribution in [0.1, 0.15) is 18.1 Å². The minimum atomic E-state index is -0.607. The number of aryl methyl sites for hydroxylation is 2. The van der Waals surface area contributed by atoms with E-state index < -0.39 is 6.10 Å². The molecule has 0 heterocycles. The first kappa shape index (κ1) is 15.4. The summed E-state index contributed by atoms with van der Waals surface area (Å²) in [5.41, 5.74) is 2.99. The van der Waals surface area contributed by atoms with Gasteiger partial charge in [-0.15, -0.1) is 0 Å². The van der Waals surface area contributed by atoms with Crippen molar-refractivity contribution in [2.45, 2.75) is 26.9 Å². The molecule has 21 heavy (non-hydrogen) atoms. The molecule has 2 rings (SSSR count). The van der Waals surface area contributed by atoms with Gasteiger partial charge in [-0.05, 0) is 62.2 Å². The van der Waals surface area contributed by atoms with Crippen molar-refractivity contribution < 1.29 is 9.53 Å². The Morgan fingerprint density at radius 2 is 1.81 bits per heavy atom. The van der Waals surface area contributed by atoms with Crippen LogP contribution >= 0.6 is 11.6 Å². The maximum Gasteiger partial charge on any atom is 0.265 e. The van der Waals surface area contributed by atoms with Crippen LogP contribution in [0, 0.1) is 13.8 Å². The van der Waals surface area contributed by atoms with E-state index in [-0.39, 0.29) is 5.91 Å². The molecule has 1 atom stereocenters. The summed E-state index contributed by atoms with van der Waals surface area (Å²) in [4.78, 5) is 12.2. The quantitative estimate of drug-likeness (QED) is 0.911. The average Bonchev–Trinajstić information content (AvgIpc) is 2.37. The minimum absolute atomic E-state index is 0.194. The SMILES string of the molecule is Cc1cc(C)cc(NC(=O)[C@@H](C)Oc2cccc(Cl)c2)c1. The summed E-state index contributed by atoms with van der Waals surface area (Å²) in [6.07, 6.45) is -0.607. The number of ether oxygens (including phenoxy) is 1. The van der Waals surface area contributed by atoms with Crippen LogP contribution in [0.5, 0.6) is 5.75 Å². The van der Waals surface area contributed by atoms with Gasteiger partial charge in [-0.1, -0.05) is 23.7 Å². The van der Waals surface area contributed by atoms with Gasteiger partial charge in [0.15, 0.2) is 6.10 Å². The van der Waals surface area contributed by atoms with Gasteiger partial charge in [0, 0.05) is 10.7 Å². The number of carbonyl (C=O) groups is 1. The van der Waals surface area contributed by atoms with E-state index in [0.29, 0.717) is 10.8 Å². The molecule has 0 fully saturated rings. The number of amides is 1. The van der Waals surface area contributed by atoms with E-state index in [2.05, 4.69) is 11.4 Å². The summed E-state index contributed by atoms with van der Waals surface area (Å²) >= 11 is 5.89. The van der Waals surface area contributed by atoms with Crippen molar-refractivity contribution in [3.05, 3.63) is 58.6 Å². The van der Waals surface area contributed by atoms with E-state index in [0.717, 1.165) is 16.8 Å². The number of hydrogen-bond donors (Lipinski definition) is 1. The highest BCUT2D eigenvalue weighted by molar-refractivity contribution is 6.30. The predicted molar refractivity (Wildman–Crippen MR) is 86.1 cm³/mol. The highest BCUT2D eigenvalue weighted by atomic mass is 35.5. The second-order valence-electron chi connectivity index (χ2n) is 5.08. The first-order valence-electron chi connectivity index (χ1n) is 6.75. The van der Waals surface area contributed by atoms with E-state index in [1.807, 2.05) is 26.0 Å². The molecule has 0 saturated carbocycles. The van der Waals surface area contributed by atoms with Crippen molar-refractivity contribution in [2.75, 3.05) is 5.32 Å². The van der Waals surface area contributed by atoms with Crippen LogP contribution in [0.4, 0.5) is 5.69 Å². The lowest BCUT2D eigenvalue weighted by atomic mass is 10.1. The van der Waals surface area contributed by atoms with Gasteiger partial charge in [0.05, 0.1) is 0 Å². The maximum absolute atomic E-state index is 12.2. The van der Waals surface area contributed by atoms with E-state index in [1.165, 1.54) is 0 Å². The third-order valence-corrected chi connectivity index (χ3v) is 3.20. The molecule has 2 aromatic carbocycles. The van der Waals surface area contributed by atoms with Gasteiger partial charge in [0.2, 0.25) is 0 Å². The summed E-state index contributed by atoms with van der Waals surface area (Å²) in [6, 6.07) is 12.9. The Morgan fingerprint density at radius 1 is 1.14 bits per heavy atom. The number of hydrogen-bond acceptors (Lipinski definition) is 2. The zero-order chi connectivity index (χ0) is 15.4. The van der Waals surface area contributed by atoms with E-state index >= 15 is 0 Å². The van der Waals surface area contributed by atoms with Gasteiger partial charge in [0.25, 0.3) is 5.91 Å². The van der Waals surface area contributed by atoms with E-state index in [4.69, 9.17) is 16.3 Å². The Morgan fingerprint density at radius 3 is 2.43 bits per heavy atom. The minimum Gasteiger partial charge on any atom is -0.481 e. The second-order valence-corrected chi connectivity index (χ2v) is 5.52. The van der Waals surface area contributed by atoms with Gasteiger partial charge in [-0.25, -0.2) is 0 Å². The molecule has 0 unspecified atom stereocenters. The van der Waals surface area contributed by atoms with Crippen LogP contribution in [-0.2, 0) is 4.79 Å². The predicted octanol–water partition coefficient (Wildman–Crippen LogP) is 4.36. The summed E-state index contributed by atoms with van der Waals surface area (Å²) in [6.45, 7) is 5.70. The Balaban J connectivity index is 2.02. The number of anilines is 1. The molecule has 0 aliphatic heterocycles. The normalized spacial score (nSPS) is 11.8. The molecule has 0 spiro atoms. The van der Waals surface area contributed by atoms with Crippen LogP contribution in [0.3, 0.4) is 0 Å². The van der Waals surface area contributed by atoms with Crippen LogP contribution < -0.4 is 10.1 Å². The lowest BCUT2D eigenvalue weighted by Crippen LogP contribution is -2.30. The standard InChI is InChI=1S/C17H18ClNO2/c1-11-7-12(2)9-15(8-11)19-17(20)13(3)21-16-6-4-5-14(18)10-16/h4-10,13H,1-3H3,(H,19,20)/t13-/m1/s1. The molecule has 4 heteroatoms. The van der Waals surface area contributed by atoms with Crippen LogP contribution in [0.15, 0.2) is 42.5 Å². The van der Waals surface area contributed by atoms with Crippen LogP contribution in [0.2, 0.25) is 5.02 Å². The summed E-state index contributed by atoms with van der Waals surface area (Å²) in [5, 5.41) is 3.44. The van der Waals surface area contributed by atoms with Crippen molar-refractivity contribution in [1.29, 1.82) is 0 Å². The molecule has 0 saturated heterocycles. The van der Waals surface area contributed by atoms with Crippen molar-refractivity contribution in [2.24, 2.45) is 0 Å². The number of rotatable bonds is 4. The number of halogens is 1. The first-order valence-corrected chi connectivity index (χ1v) is 7.13. The Kier molecular flexibility index (Phi) is 4.86. The molecule has 1 N–H and O–H groups in total. The lowest BCUT2D eigenvalue weighted by molar-refractivity contribution is -0.122. The molecule has 2 aromatic rings. The topological polar surface area (TPSA) is 38.3 Å². The second kappa shape index (κ2) is 6.64. The Bertz CT molecular complexity index is 635. The van der Waals surface area contributed by atoms with Crippen molar-refractivity contribution in [3.63, 3.8) is 0 Å². The van der Waals surface area contributed by atoms with Gasteiger partial charge in [0.1, 0.15) is 5.75 Å². The number of carbonyl (C=O) groups excluding carboxylic acids is 1. The van der Waals surface area contributed by atoms with E-state index in [9.17, 15) is 4.79 Å². The third-order valence-electron chi connectivity index (χ3n) is 2.97. The van der Waals surface area contributed by atoms with Crippen molar-refractivity contribution >= 4 is 23.2 Å². The molecule has 0 aromatic heterocycles. The smallest absolute Gasteiger partial charge is 0.265 e. The summed E-state index contributed by atoms with van der Waals surface area (Å²) in [5.74, 6) is 0.380. The zero-order valence-corrected chi connectivity index (χ0v) is 13.1. The summed E-state index contributed by atoms with van der Waals surface area (Å²) in [7, 11) is 0. The maximum atomic E-state index is 12.2.